The van der Waals surface area contributed by atoms with Crippen LogP contribution in [0.3, 0.4) is 0 Å². The SMILES string of the molecule is Nc1ccncc1-c1cncn1-c1ccc(F)c(F)c1F. The van der Waals surface area contributed by atoms with Crippen molar-refractivity contribution in [2.24, 2.45) is 0 Å². The third kappa shape index (κ3) is 2.12. The summed E-state index contributed by atoms with van der Waals surface area (Å²) in [5, 5.41) is 0. The van der Waals surface area contributed by atoms with Crippen molar-refractivity contribution in [3.05, 3.63) is 60.6 Å². The molecule has 0 atom stereocenters. The minimum absolute atomic E-state index is 0.162. The van der Waals surface area contributed by atoms with Gasteiger partial charge >= 0.3 is 0 Å². The van der Waals surface area contributed by atoms with Crippen molar-refractivity contribution in [2.75, 3.05) is 5.73 Å². The van der Waals surface area contributed by atoms with Gasteiger partial charge in [0.15, 0.2) is 17.5 Å². The molecule has 0 aliphatic rings. The molecule has 21 heavy (non-hydrogen) atoms. The zero-order valence-electron chi connectivity index (χ0n) is 10.6. The van der Waals surface area contributed by atoms with Crippen LogP contribution in [0, 0.1) is 17.5 Å². The lowest BCUT2D eigenvalue weighted by Gasteiger charge is -2.11. The summed E-state index contributed by atoms with van der Waals surface area (Å²) in [6, 6.07) is 3.56. The molecule has 4 nitrogen and oxygen atoms in total. The molecule has 0 radical (unpaired) electrons. The second-order valence-corrected chi connectivity index (χ2v) is 4.31. The van der Waals surface area contributed by atoms with Crippen molar-refractivity contribution >= 4 is 5.69 Å². The Labute approximate surface area is 117 Å². The van der Waals surface area contributed by atoms with Crippen molar-refractivity contribution in [3.63, 3.8) is 0 Å². The van der Waals surface area contributed by atoms with E-state index in [0.29, 0.717) is 16.9 Å². The molecule has 0 unspecified atom stereocenters. The fourth-order valence-electron chi connectivity index (χ4n) is 2.01. The maximum Gasteiger partial charge on any atom is 0.196 e. The zero-order valence-corrected chi connectivity index (χ0v) is 10.6. The van der Waals surface area contributed by atoms with Gasteiger partial charge in [0.1, 0.15) is 0 Å². The van der Waals surface area contributed by atoms with E-state index in [4.69, 9.17) is 5.73 Å². The number of imidazole rings is 1. The number of rotatable bonds is 2. The van der Waals surface area contributed by atoms with Gasteiger partial charge in [0, 0.05) is 23.6 Å². The highest BCUT2D eigenvalue weighted by Gasteiger charge is 2.18. The first-order valence-corrected chi connectivity index (χ1v) is 5.95. The first-order chi connectivity index (χ1) is 10.1. The lowest BCUT2D eigenvalue weighted by molar-refractivity contribution is 0.445. The van der Waals surface area contributed by atoms with Crippen molar-refractivity contribution in [3.8, 4) is 16.9 Å². The maximum atomic E-state index is 13.9. The topological polar surface area (TPSA) is 56.7 Å². The van der Waals surface area contributed by atoms with Crippen LogP contribution in [0.15, 0.2) is 43.1 Å². The van der Waals surface area contributed by atoms with E-state index in [2.05, 4.69) is 9.97 Å². The molecule has 7 heteroatoms. The Balaban J connectivity index is 2.21. The molecule has 1 aromatic carbocycles. The summed E-state index contributed by atoms with van der Waals surface area (Å²) in [4.78, 5) is 7.85. The Morgan fingerprint density at radius 2 is 1.76 bits per heavy atom. The summed E-state index contributed by atoms with van der Waals surface area (Å²) in [7, 11) is 0. The number of pyridine rings is 1. The van der Waals surface area contributed by atoms with Crippen LogP contribution in [-0.4, -0.2) is 14.5 Å². The molecule has 3 rings (SSSR count). The van der Waals surface area contributed by atoms with Gasteiger partial charge in [-0.05, 0) is 18.2 Å². The monoisotopic (exact) mass is 290 g/mol. The van der Waals surface area contributed by atoms with E-state index in [0.717, 1.165) is 12.1 Å². The third-order valence-corrected chi connectivity index (χ3v) is 3.04. The summed E-state index contributed by atoms with van der Waals surface area (Å²) in [5.74, 6) is -4.08. The Morgan fingerprint density at radius 1 is 0.952 bits per heavy atom. The number of anilines is 1. The molecule has 0 aliphatic carbocycles. The van der Waals surface area contributed by atoms with Crippen LogP contribution in [0.1, 0.15) is 0 Å². The average Bonchev–Trinajstić information content (AvgIpc) is 2.94. The molecule has 0 fully saturated rings. The van der Waals surface area contributed by atoms with E-state index in [1.165, 1.54) is 29.5 Å². The molecular weight excluding hydrogens is 281 g/mol. The van der Waals surface area contributed by atoms with Crippen LogP contribution in [0.4, 0.5) is 18.9 Å². The highest BCUT2D eigenvalue weighted by Crippen LogP contribution is 2.28. The highest BCUT2D eigenvalue weighted by atomic mass is 19.2. The number of nitrogens with two attached hydrogens (primary N) is 1. The van der Waals surface area contributed by atoms with Crippen molar-refractivity contribution in [1.82, 2.24) is 14.5 Å². The van der Waals surface area contributed by atoms with Crippen LogP contribution < -0.4 is 5.73 Å². The quantitative estimate of drug-likeness (QED) is 0.738. The molecule has 2 aromatic heterocycles. The number of hydrogen-bond donors (Lipinski definition) is 1. The highest BCUT2D eigenvalue weighted by molar-refractivity contribution is 5.73. The summed E-state index contributed by atoms with van der Waals surface area (Å²) in [5.41, 5.74) is 7.03. The molecule has 0 spiro atoms. The van der Waals surface area contributed by atoms with Crippen LogP contribution in [0.2, 0.25) is 0 Å². The number of benzene rings is 1. The van der Waals surface area contributed by atoms with Crippen molar-refractivity contribution in [1.29, 1.82) is 0 Å². The molecule has 0 saturated carbocycles. The van der Waals surface area contributed by atoms with Crippen LogP contribution >= 0.6 is 0 Å². The van der Waals surface area contributed by atoms with E-state index < -0.39 is 17.5 Å². The number of hydrogen-bond acceptors (Lipinski definition) is 3. The molecule has 0 aliphatic heterocycles. The Hall–Kier alpha value is -2.83. The lowest BCUT2D eigenvalue weighted by atomic mass is 10.1. The van der Waals surface area contributed by atoms with E-state index in [-0.39, 0.29) is 5.69 Å². The average molecular weight is 290 g/mol. The summed E-state index contributed by atoms with van der Waals surface area (Å²) in [6.07, 6.45) is 5.73. The molecule has 2 heterocycles. The molecule has 0 bridgehead atoms. The van der Waals surface area contributed by atoms with Gasteiger partial charge in [0.05, 0.1) is 23.9 Å². The lowest BCUT2D eigenvalue weighted by Crippen LogP contribution is -2.03. The van der Waals surface area contributed by atoms with E-state index in [9.17, 15) is 13.2 Å². The fourth-order valence-corrected chi connectivity index (χ4v) is 2.01. The number of nitrogens with zero attached hydrogens (tertiary/aromatic N) is 3. The largest absolute Gasteiger partial charge is 0.398 e. The minimum atomic E-state index is -1.54. The van der Waals surface area contributed by atoms with Gasteiger partial charge in [-0.15, -0.1) is 0 Å². The number of nitrogen functional groups attached to an aromatic ring is 1. The van der Waals surface area contributed by atoms with E-state index in [1.807, 2.05) is 0 Å². The number of aromatic nitrogens is 3. The third-order valence-electron chi connectivity index (χ3n) is 3.04. The van der Waals surface area contributed by atoms with Gasteiger partial charge in [-0.25, -0.2) is 18.2 Å². The van der Waals surface area contributed by atoms with Crippen molar-refractivity contribution < 1.29 is 13.2 Å². The molecular formula is C14H9F3N4. The predicted octanol–water partition coefficient (Wildman–Crippen LogP) is 2.93. The van der Waals surface area contributed by atoms with E-state index in [1.54, 1.807) is 6.07 Å². The Morgan fingerprint density at radius 3 is 2.52 bits per heavy atom. The molecule has 0 saturated heterocycles. The second kappa shape index (κ2) is 4.93. The van der Waals surface area contributed by atoms with Gasteiger partial charge in [0.25, 0.3) is 0 Å². The van der Waals surface area contributed by atoms with Crippen LogP contribution in [0.25, 0.3) is 16.9 Å². The first-order valence-electron chi connectivity index (χ1n) is 5.95. The first kappa shape index (κ1) is 13.2. The summed E-state index contributed by atoms with van der Waals surface area (Å²) < 4.78 is 41.6. The van der Waals surface area contributed by atoms with Crippen LogP contribution in [-0.2, 0) is 0 Å². The summed E-state index contributed by atoms with van der Waals surface area (Å²) in [6.45, 7) is 0. The fraction of sp³-hybridized carbons (Fsp3) is 0. The Bertz CT molecular complexity index is 814. The van der Waals surface area contributed by atoms with Gasteiger partial charge in [-0.3, -0.25) is 9.55 Å². The minimum Gasteiger partial charge on any atom is -0.398 e. The summed E-state index contributed by atoms with van der Waals surface area (Å²) >= 11 is 0. The Kier molecular flexibility index (Phi) is 3.09. The van der Waals surface area contributed by atoms with Gasteiger partial charge in [-0.2, -0.15) is 0 Å². The maximum absolute atomic E-state index is 13.9. The zero-order chi connectivity index (χ0) is 15.0. The van der Waals surface area contributed by atoms with Gasteiger partial charge in [0.2, 0.25) is 0 Å². The smallest absolute Gasteiger partial charge is 0.196 e. The van der Waals surface area contributed by atoms with Gasteiger partial charge < -0.3 is 5.73 Å². The normalized spacial score (nSPS) is 10.8. The standard InChI is InChI=1S/C14H9F3N4/c15-9-1-2-11(14(17)13(9)16)21-7-20-6-12(21)8-5-19-4-3-10(8)18/h1-7H,(H2,18,19). The number of halogens is 3. The van der Waals surface area contributed by atoms with Crippen LogP contribution in [0.5, 0.6) is 0 Å². The molecule has 106 valence electrons. The molecule has 0 amide bonds. The molecule has 3 aromatic rings. The predicted molar refractivity (Wildman–Crippen MR) is 71.1 cm³/mol. The van der Waals surface area contributed by atoms with Gasteiger partial charge in [-0.1, -0.05) is 0 Å². The van der Waals surface area contributed by atoms with E-state index >= 15 is 0 Å². The second-order valence-electron chi connectivity index (χ2n) is 4.31. The van der Waals surface area contributed by atoms with Crippen molar-refractivity contribution in [2.45, 2.75) is 0 Å². The molecule has 2 N–H and O–H groups in total.